The van der Waals surface area contributed by atoms with E-state index in [-0.39, 0.29) is 30.4 Å². The molecule has 2 amide bonds. The number of methoxy groups -OCH3 is 2. The SMILES string of the molecule is COC(=O)[C@@H](NC(=O)C[C@]1(OC)/C=C/C[C@H](C)[C@@H](C)S(=O)(=O)NC(=O)c2ccc3c(c2)N(CCCCc2cc(Cl)ccc2CO3)C[C@@H]2CC[C@H]21)C(C)=O. The summed E-state index contributed by atoms with van der Waals surface area (Å²) in [6, 6.07) is 9.29. The molecule has 3 aliphatic rings. The van der Waals surface area contributed by atoms with Crippen molar-refractivity contribution in [1.82, 2.24) is 10.0 Å². The zero-order valence-corrected chi connectivity index (χ0v) is 32.6. The maximum Gasteiger partial charge on any atom is 0.336 e. The monoisotopic (exact) mass is 771 g/mol. The summed E-state index contributed by atoms with van der Waals surface area (Å²) in [5.74, 6) is -2.70. The lowest BCUT2D eigenvalue weighted by atomic mass is 9.63. The fourth-order valence-corrected chi connectivity index (χ4v) is 9.05. The number of hydrogen-bond donors (Lipinski definition) is 2. The molecule has 2 aromatic rings. The number of sulfonamides is 1. The zero-order chi connectivity index (χ0) is 38.5. The summed E-state index contributed by atoms with van der Waals surface area (Å²) in [5, 5.41) is 2.25. The quantitative estimate of drug-likeness (QED) is 0.229. The number of carbonyl (C=O) groups excluding carboxylic acids is 4. The maximum absolute atomic E-state index is 13.6. The zero-order valence-electron chi connectivity index (χ0n) is 31.0. The Morgan fingerprint density at radius 3 is 2.55 bits per heavy atom. The third kappa shape index (κ3) is 9.24. The Morgan fingerprint density at radius 2 is 1.87 bits per heavy atom. The molecule has 1 saturated carbocycles. The van der Waals surface area contributed by atoms with Crippen molar-refractivity contribution in [1.29, 1.82) is 0 Å². The Hall–Kier alpha value is -3.94. The summed E-state index contributed by atoms with van der Waals surface area (Å²) in [5.41, 5.74) is 1.82. The highest BCUT2D eigenvalue weighted by Crippen LogP contribution is 2.47. The highest BCUT2D eigenvalue weighted by Gasteiger charge is 2.49. The van der Waals surface area contributed by atoms with Crippen molar-refractivity contribution in [3.63, 3.8) is 0 Å². The molecule has 2 aliphatic heterocycles. The Morgan fingerprint density at radius 1 is 1.09 bits per heavy atom. The molecule has 53 heavy (non-hydrogen) atoms. The Balaban J connectivity index is 1.56. The standard InChI is InChI=1S/C39H50ClN3O9S/c1-24-9-8-17-39(51-5,21-35(45)41-36(25(2)44)38(47)50-4)32-15-12-29(32)22-43-18-7-6-10-27-19-31(40)14-11-30(27)23-52-34-16-13-28(20-33(34)43)37(46)42-53(48,49)26(24)3/h8,11,13-14,16-17,19-20,24,26,29,32,36H,6-7,9-10,12,15,18,21-23H2,1-5H3,(H,41,45)(H,42,46)/b17-8+/t24-,26+,29-,32+,36-,39+/m0/s1. The minimum absolute atomic E-state index is 0.0349. The van der Waals surface area contributed by atoms with Crippen LogP contribution in [0.2, 0.25) is 5.02 Å². The van der Waals surface area contributed by atoms with Crippen molar-refractivity contribution in [2.45, 2.75) is 89.2 Å². The molecule has 1 fully saturated rings. The smallest absolute Gasteiger partial charge is 0.336 e. The number of nitrogens with one attached hydrogen (secondary N) is 2. The van der Waals surface area contributed by atoms with Gasteiger partial charge in [-0.05, 0) is 112 Å². The molecule has 0 unspecified atom stereocenters. The van der Waals surface area contributed by atoms with E-state index < -0.39 is 56.4 Å². The number of Topliss-reactive ketones (excluding diaryl/α,β-unsaturated/α-hetero) is 1. The molecule has 0 saturated heterocycles. The number of hydrogen-bond acceptors (Lipinski definition) is 10. The highest BCUT2D eigenvalue weighted by atomic mass is 35.5. The Bertz CT molecular complexity index is 1850. The molecular formula is C39H50ClN3O9S. The van der Waals surface area contributed by atoms with E-state index in [9.17, 15) is 27.6 Å². The van der Waals surface area contributed by atoms with Crippen molar-refractivity contribution in [3.05, 3.63) is 70.3 Å². The van der Waals surface area contributed by atoms with Crippen molar-refractivity contribution < 1.29 is 41.8 Å². The molecule has 6 atom stereocenters. The minimum Gasteiger partial charge on any atom is -0.487 e. The Labute approximate surface area is 317 Å². The Kier molecular flexibility index (Phi) is 12.9. The van der Waals surface area contributed by atoms with Gasteiger partial charge in [0.05, 0.1) is 30.1 Å². The van der Waals surface area contributed by atoms with E-state index in [1.54, 1.807) is 32.0 Å². The third-order valence-electron chi connectivity index (χ3n) is 11.1. The van der Waals surface area contributed by atoms with E-state index >= 15 is 0 Å². The molecule has 0 spiro atoms. The first kappa shape index (κ1) is 40.2. The molecule has 0 radical (unpaired) electrons. The van der Waals surface area contributed by atoms with Gasteiger partial charge >= 0.3 is 5.97 Å². The topological polar surface area (TPSA) is 157 Å². The van der Waals surface area contributed by atoms with Crippen LogP contribution in [-0.2, 0) is 46.9 Å². The lowest BCUT2D eigenvalue weighted by Crippen LogP contribution is -2.54. The second-order valence-corrected chi connectivity index (χ2v) is 17.0. The fraction of sp³-hybridized carbons (Fsp3) is 0.538. The molecule has 2 bridgehead atoms. The number of ether oxygens (including phenoxy) is 3. The van der Waals surface area contributed by atoms with Crippen molar-refractivity contribution >= 4 is 50.9 Å². The summed E-state index contributed by atoms with van der Waals surface area (Å²) in [7, 11) is -1.41. The molecule has 12 nitrogen and oxygen atoms in total. The molecule has 288 valence electrons. The minimum atomic E-state index is -4.09. The van der Waals surface area contributed by atoms with Crippen LogP contribution in [0.1, 0.15) is 80.8 Å². The third-order valence-corrected chi connectivity index (χ3v) is 13.3. The normalized spacial score (nSPS) is 27.1. The number of allylic oxidation sites excluding steroid dienone is 1. The number of carbonyl (C=O) groups is 4. The number of ketones is 1. The molecule has 2 heterocycles. The molecule has 1 aliphatic carbocycles. The number of anilines is 1. The van der Waals surface area contributed by atoms with Gasteiger partial charge in [0.25, 0.3) is 5.91 Å². The molecule has 2 aromatic carbocycles. The molecule has 14 heteroatoms. The van der Waals surface area contributed by atoms with Gasteiger partial charge in [0.1, 0.15) is 12.4 Å². The number of rotatable bonds is 6. The van der Waals surface area contributed by atoms with Gasteiger partial charge in [-0.15, -0.1) is 0 Å². The van der Waals surface area contributed by atoms with Crippen molar-refractivity contribution in [2.24, 2.45) is 17.8 Å². The largest absolute Gasteiger partial charge is 0.487 e. The molecule has 2 N–H and O–H groups in total. The van der Waals surface area contributed by atoms with Gasteiger partial charge < -0.3 is 24.4 Å². The average Bonchev–Trinajstić information content (AvgIpc) is 3.13. The van der Waals surface area contributed by atoms with E-state index in [0.29, 0.717) is 36.0 Å². The van der Waals surface area contributed by atoms with Crippen molar-refractivity contribution in [3.8, 4) is 5.75 Å². The van der Waals surface area contributed by atoms with Gasteiger partial charge in [0.15, 0.2) is 11.8 Å². The summed E-state index contributed by atoms with van der Waals surface area (Å²) in [6.07, 6.45) is 7.83. The molecular weight excluding hydrogens is 722 g/mol. The first-order chi connectivity index (χ1) is 25.2. The summed E-state index contributed by atoms with van der Waals surface area (Å²) in [4.78, 5) is 54.0. The summed E-state index contributed by atoms with van der Waals surface area (Å²) in [6.45, 7) is 5.97. The van der Waals surface area contributed by atoms with Crippen LogP contribution in [0.15, 0.2) is 48.6 Å². The number of benzene rings is 2. The first-order valence-electron chi connectivity index (χ1n) is 18.1. The molecule has 5 rings (SSSR count). The van der Waals surface area contributed by atoms with Crippen LogP contribution < -0.4 is 19.7 Å². The molecule has 0 aromatic heterocycles. The first-order valence-corrected chi connectivity index (χ1v) is 20.1. The van der Waals surface area contributed by atoms with Gasteiger partial charge in [0.2, 0.25) is 15.9 Å². The number of amides is 2. The van der Waals surface area contributed by atoms with Crippen LogP contribution in [-0.4, -0.2) is 76.2 Å². The van der Waals surface area contributed by atoms with E-state index in [1.807, 2.05) is 30.4 Å². The summed E-state index contributed by atoms with van der Waals surface area (Å²) < 4.78 is 46.7. The van der Waals surface area contributed by atoms with Gasteiger partial charge in [-0.1, -0.05) is 36.7 Å². The van der Waals surface area contributed by atoms with E-state index in [2.05, 4.69) is 14.9 Å². The average molecular weight is 772 g/mol. The van der Waals surface area contributed by atoms with Gasteiger partial charge in [-0.2, -0.15) is 0 Å². The van der Waals surface area contributed by atoms with Gasteiger partial charge in [0, 0.05) is 30.8 Å². The highest BCUT2D eigenvalue weighted by molar-refractivity contribution is 7.90. The predicted octanol–water partition coefficient (Wildman–Crippen LogP) is 5.15. The van der Waals surface area contributed by atoms with Crippen LogP contribution in [0.5, 0.6) is 5.75 Å². The lowest BCUT2D eigenvalue weighted by molar-refractivity contribution is -0.149. The number of halogens is 1. The van der Waals surface area contributed by atoms with E-state index in [4.69, 9.17) is 25.8 Å². The number of nitrogens with zero attached hydrogens (tertiary/aromatic N) is 1. The van der Waals surface area contributed by atoms with E-state index in [0.717, 1.165) is 50.3 Å². The van der Waals surface area contributed by atoms with Crippen LogP contribution in [0, 0.1) is 17.8 Å². The van der Waals surface area contributed by atoms with Crippen molar-refractivity contribution in [2.75, 3.05) is 32.2 Å². The number of fused-ring (bicyclic) bond motifs is 3. The van der Waals surface area contributed by atoms with Crippen LogP contribution in [0.4, 0.5) is 5.69 Å². The van der Waals surface area contributed by atoms with Gasteiger partial charge in [-0.25, -0.2) is 17.9 Å². The number of aryl methyl sites for hydroxylation is 1. The van der Waals surface area contributed by atoms with E-state index in [1.165, 1.54) is 14.0 Å². The van der Waals surface area contributed by atoms with Gasteiger partial charge in [-0.3, -0.25) is 14.4 Å². The predicted molar refractivity (Wildman–Crippen MR) is 201 cm³/mol. The lowest BCUT2D eigenvalue weighted by Gasteiger charge is -2.49. The van der Waals surface area contributed by atoms with Crippen LogP contribution in [0.3, 0.4) is 0 Å². The fourth-order valence-electron chi connectivity index (χ4n) is 7.57. The van der Waals surface area contributed by atoms with Crippen LogP contribution in [0.25, 0.3) is 0 Å². The summed E-state index contributed by atoms with van der Waals surface area (Å²) >= 11 is 6.35. The number of esters is 1. The second-order valence-electron chi connectivity index (χ2n) is 14.5. The second kappa shape index (κ2) is 17.0. The maximum atomic E-state index is 13.6. The van der Waals surface area contributed by atoms with Crippen LogP contribution >= 0.6 is 11.6 Å².